The number of benzene rings is 3. The molecule has 2 aliphatic heterocycles. The Hall–Kier alpha value is -6.88. The van der Waals surface area contributed by atoms with Crippen LogP contribution in [-0.2, 0) is 42.2 Å². The summed E-state index contributed by atoms with van der Waals surface area (Å²) in [7, 11) is 0. The van der Waals surface area contributed by atoms with Gasteiger partial charge in [-0.05, 0) is 86.1 Å². The largest absolute Gasteiger partial charge is 0.586 e. The van der Waals surface area contributed by atoms with E-state index < -0.39 is 17.3 Å². The topological polar surface area (TPSA) is 217 Å². The lowest BCUT2D eigenvalue weighted by Crippen LogP contribution is -2.49. The number of halogens is 2. The van der Waals surface area contributed by atoms with Crippen molar-refractivity contribution in [1.29, 1.82) is 0 Å². The number of ether oxygens (including phenoxy) is 5. The number of pyridine rings is 1. The maximum Gasteiger partial charge on any atom is 0.586 e. The van der Waals surface area contributed by atoms with Gasteiger partial charge >= 0.3 is 6.29 Å². The molecular weight excluding hydrogens is 1000 g/mol. The summed E-state index contributed by atoms with van der Waals surface area (Å²) < 4.78 is 55.3. The van der Waals surface area contributed by atoms with Crippen LogP contribution in [0.1, 0.15) is 59.2 Å². The molecule has 76 heavy (non-hydrogen) atoms. The first-order chi connectivity index (χ1) is 36.8. The lowest BCUT2D eigenvalue weighted by Gasteiger charge is -2.38. The Morgan fingerprint density at radius 3 is 2.32 bits per heavy atom. The van der Waals surface area contributed by atoms with Crippen LogP contribution in [0.15, 0.2) is 101 Å². The van der Waals surface area contributed by atoms with Crippen LogP contribution in [0.3, 0.4) is 0 Å². The number of nitrogens with zero attached hydrogens (tertiary/aromatic N) is 4. The van der Waals surface area contributed by atoms with E-state index in [1.807, 2.05) is 54.8 Å². The van der Waals surface area contributed by atoms with Gasteiger partial charge in [-0.2, -0.15) is 0 Å². The van der Waals surface area contributed by atoms with E-state index in [0.29, 0.717) is 149 Å². The Labute approximate surface area is 442 Å². The summed E-state index contributed by atoms with van der Waals surface area (Å²) in [6.07, 6.45) is 0.698. The average Bonchev–Trinajstić information content (AvgIpc) is 4.04. The number of aryl methyl sites for hydroxylation is 2. The lowest BCUT2D eigenvalue weighted by molar-refractivity contribution is -0.286. The van der Waals surface area contributed by atoms with Gasteiger partial charge in [-0.15, -0.1) is 20.1 Å². The van der Waals surface area contributed by atoms with Crippen LogP contribution in [0.5, 0.6) is 11.5 Å². The molecule has 402 valence electrons. The summed E-state index contributed by atoms with van der Waals surface area (Å²) in [5.74, 6) is -0.398. The number of likely N-dealkylation sites (tertiary alicyclic amines) is 1. The molecule has 3 aromatic heterocycles. The number of fused-ring (bicyclic) bond motifs is 2. The number of aromatic nitrogens is 3. The quantitative estimate of drug-likeness (QED) is 0.0378. The standard InChI is InChI=1S/C55H62F2N8O10S/c1-37-10-14-45(63-52(69)54(16-17-54)41-12-13-43-44(33-41)75-55(56,57)74-43)62-47(37)39-8-5-9-40(32-39)50(67)60-23-27-72-29-31-73-30-28-71-26-22-58-20-21-59-42-34-76-49-48(42)61-36-65(51(49)68)35-53(70)18-24-64(25-19-53)46(66)15-11-38-6-3-2-4-7-38/h2-10,12-14,32-34,36,58-59,70H,11,15-31,35H2,1H3,(H,60,67)(H,62,63,69). The van der Waals surface area contributed by atoms with Crippen molar-refractivity contribution in [3.05, 3.63) is 129 Å². The zero-order valence-electron chi connectivity index (χ0n) is 42.2. The first kappa shape index (κ1) is 53.9. The zero-order chi connectivity index (χ0) is 53.1. The minimum Gasteiger partial charge on any atom is -0.395 e. The van der Waals surface area contributed by atoms with Crippen molar-refractivity contribution >= 4 is 50.8 Å². The third kappa shape index (κ3) is 13.6. The Bertz CT molecular complexity index is 3060. The molecular formula is C55H62F2N8O10S. The second kappa shape index (κ2) is 24.4. The molecule has 0 bridgehead atoms. The fourth-order valence-electron chi connectivity index (χ4n) is 9.27. The van der Waals surface area contributed by atoms with Crippen LogP contribution in [0.2, 0.25) is 0 Å². The molecule has 3 aromatic carbocycles. The Kier molecular flexibility index (Phi) is 17.3. The summed E-state index contributed by atoms with van der Waals surface area (Å²) in [4.78, 5) is 63.9. The van der Waals surface area contributed by atoms with E-state index in [4.69, 9.17) is 19.2 Å². The van der Waals surface area contributed by atoms with Crippen LogP contribution in [0.25, 0.3) is 21.5 Å². The number of anilines is 2. The maximum absolute atomic E-state index is 13.6. The van der Waals surface area contributed by atoms with Gasteiger partial charge in [0, 0.05) is 62.2 Å². The molecule has 6 aromatic rings. The zero-order valence-corrected chi connectivity index (χ0v) is 43.1. The van der Waals surface area contributed by atoms with Crippen molar-refractivity contribution in [2.24, 2.45) is 0 Å². The summed E-state index contributed by atoms with van der Waals surface area (Å²) in [5, 5.41) is 25.7. The molecule has 5 N–H and O–H groups in total. The summed E-state index contributed by atoms with van der Waals surface area (Å²) >= 11 is 1.32. The number of thiophene rings is 1. The monoisotopic (exact) mass is 1060 g/mol. The van der Waals surface area contributed by atoms with Gasteiger partial charge in [-0.1, -0.05) is 54.6 Å². The highest BCUT2D eigenvalue weighted by molar-refractivity contribution is 7.17. The molecule has 3 aliphatic rings. The SMILES string of the molecule is Cc1ccc(NC(=O)C2(c3ccc4c(c3)OC(F)(F)O4)CC2)nc1-c1cccc(C(=O)NCCOCCOCCOCCNCCNc2csc3c(=O)n(CC4(O)CCN(C(=O)CCc5ccccc5)CC4)cnc23)c1. The van der Waals surface area contributed by atoms with E-state index in [0.717, 1.165) is 16.8 Å². The van der Waals surface area contributed by atoms with E-state index in [9.17, 15) is 33.1 Å². The molecule has 0 spiro atoms. The molecule has 1 saturated carbocycles. The molecule has 3 amide bonds. The van der Waals surface area contributed by atoms with E-state index in [1.54, 1.807) is 35.2 Å². The molecule has 0 radical (unpaired) electrons. The van der Waals surface area contributed by atoms with Gasteiger partial charge in [0.25, 0.3) is 11.5 Å². The third-order valence-electron chi connectivity index (χ3n) is 13.7. The minimum absolute atomic E-state index is 0.0765. The van der Waals surface area contributed by atoms with Crippen LogP contribution in [-0.4, -0.2) is 133 Å². The van der Waals surface area contributed by atoms with Gasteiger partial charge in [0.15, 0.2) is 11.5 Å². The van der Waals surface area contributed by atoms with Gasteiger partial charge in [0.05, 0.1) is 74.9 Å². The number of carbonyl (C=O) groups excluding carboxylic acids is 3. The predicted octanol–water partition coefficient (Wildman–Crippen LogP) is 6.29. The van der Waals surface area contributed by atoms with Crippen molar-refractivity contribution in [3.63, 3.8) is 0 Å². The molecule has 0 atom stereocenters. The van der Waals surface area contributed by atoms with Crippen molar-refractivity contribution in [1.82, 2.24) is 30.1 Å². The highest BCUT2D eigenvalue weighted by atomic mass is 32.1. The predicted molar refractivity (Wildman–Crippen MR) is 282 cm³/mol. The van der Waals surface area contributed by atoms with Crippen LogP contribution in [0.4, 0.5) is 20.3 Å². The number of alkyl halides is 2. The van der Waals surface area contributed by atoms with Crippen LogP contribution < -0.4 is 36.3 Å². The molecule has 5 heterocycles. The first-order valence-electron chi connectivity index (χ1n) is 25.5. The summed E-state index contributed by atoms with van der Waals surface area (Å²) in [6, 6.07) is 24.9. The fourth-order valence-corrected chi connectivity index (χ4v) is 10.2. The Morgan fingerprint density at radius 2 is 1.55 bits per heavy atom. The average molecular weight is 1070 g/mol. The number of hydrogen-bond donors (Lipinski definition) is 5. The first-order valence-corrected chi connectivity index (χ1v) is 26.4. The lowest BCUT2D eigenvalue weighted by atomic mass is 9.91. The van der Waals surface area contributed by atoms with Crippen LogP contribution in [0, 0.1) is 6.92 Å². The Balaban J connectivity index is 0.598. The molecule has 18 nitrogen and oxygen atoms in total. The number of amides is 3. The highest BCUT2D eigenvalue weighted by Gasteiger charge is 2.53. The number of rotatable bonds is 26. The van der Waals surface area contributed by atoms with E-state index in [-0.39, 0.29) is 47.9 Å². The van der Waals surface area contributed by atoms with Gasteiger partial charge in [0.2, 0.25) is 11.8 Å². The van der Waals surface area contributed by atoms with E-state index >= 15 is 0 Å². The smallest absolute Gasteiger partial charge is 0.395 e. The number of hydrogen-bond acceptors (Lipinski definition) is 15. The molecule has 1 aliphatic carbocycles. The van der Waals surface area contributed by atoms with Crippen LogP contribution >= 0.6 is 11.3 Å². The van der Waals surface area contributed by atoms with Gasteiger partial charge in [0.1, 0.15) is 16.0 Å². The van der Waals surface area contributed by atoms with Crippen molar-refractivity contribution in [2.45, 2.75) is 69.3 Å². The Morgan fingerprint density at radius 1 is 0.816 bits per heavy atom. The number of nitrogens with one attached hydrogen (secondary N) is 4. The molecule has 2 fully saturated rings. The normalized spacial score (nSPS) is 15.9. The second-order valence-electron chi connectivity index (χ2n) is 19.2. The third-order valence-corrected chi connectivity index (χ3v) is 14.7. The summed E-state index contributed by atoms with van der Waals surface area (Å²) in [5.41, 5.74) is 3.39. The number of carbonyl (C=O) groups is 3. The van der Waals surface area contributed by atoms with Crippen molar-refractivity contribution in [3.8, 4) is 22.8 Å². The second-order valence-corrected chi connectivity index (χ2v) is 20.1. The minimum atomic E-state index is -3.75. The number of aliphatic hydroxyl groups is 1. The molecule has 21 heteroatoms. The van der Waals surface area contributed by atoms with Gasteiger partial charge < -0.3 is 55.0 Å². The molecule has 1 saturated heterocycles. The summed E-state index contributed by atoms with van der Waals surface area (Å²) in [6.45, 7) is 7.45. The molecule has 9 rings (SSSR count). The maximum atomic E-state index is 13.6. The number of piperidine rings is 1. The highest BCUT2D eigenvalue weighted by Crippen LogP contribution is 2.52. The van der Waals surface area contributed by atoms with E-state index in [1.165, 1.54) is 34.4 Å². The van der Waals surface area contributed by atoms with E-state index in [2.05, 4.69) is 35.7 Å². The fraction of sp³-hybridized carbons (Fsp3) is 0.418. The van der Waals surface area contributed by atoms with Gasteiger partial charge in [-0.25, -0.2) is 9.97 Å². The van der Waals surface area contributed by atoms with Crippen molar-refractivity contribution < 1.29 is 52.0 Å². The molecule has 0 unspecified atom stereocenters. The van der Waals surface area contributed by atoms with Gasteiger partial charge in [-0.3, -0.25) is 23.7 Å². The van der Waals surface area contributed by atoms with Crippen molar-refractivity contribution in [2.75, 3.05) is 89.5 Å².